The number of hydrogen-bond donors (Lipinski definition) is 1. The van der Waals surface area contributed by atoms with Gasteiger partial charge in [-0.15, -0.1) is 0 Å². The SMILES string of the molecule is COC1(c2noc(C(N)C(C)(C)C)n2)CCCCC1. The van der Waals surface area contributed by atoms with E-state index in [9.17, 15) is 0 Å². The molecule has 0 amide bonds. The molecule has 2 rings (SSSR count). The molecule has 1 aromatic heterocycles. The third-order valence-corrected chi connectivity index (χ3v) is 4.10. The maximum Gasteiger partial charge on any atom is 0.244 e. The molecule has 1 aliphatic rings. The number of methoxy groups -OCH3 is 1. The highest BCUT2D eigenvalue weighted by molar-refractivity contribution is 5.05. The van der Waals surface area contributed by atoms with E-state index in [0.717, 1.165) is 25.7 Å². The predicted molar refractivity (Wildman–Crippen MR) is 72.5 cm³/mol. The summed E-state index contributed by atoms with van der Waals surface area (Å²) in [7, 11) is 1.73. The van der Waals surface area contributed by atoms with Gasteiger partial charge >= 0.3 is 0 Å². The number of aromatic nitrogens is 2. The first-order valence-electron chi connectivity index (χ1n) is 7.04. The summed E-state index contributed by atoms with van der Waals surface area (Å²) in [6.07, 6.45) is 5.43. The number of nitrogens with two attached hydrogens (primary N) is 1. The van der Waals surface area contributed by atoms with Crippen LogP contribution in [0.5, 0.6) is 0 Å². The molecule has 2 N–H and O–H groups in total. The van der Waals surface area contributed by atoms with Crippen LogP contribution in [0.1, 0.15) is 70.6 Å². The van der Waals surface area contributed by atoms with Gasteiger partial charge in [0.15, 0.2) is 0 Å². The van der Waals surface area contributed by atoms with Crippen LogP contribution in [0.3, 0.4) is 0 Å². The van der Waals surface area contributed by atoms with Crippen LogP contribution in [0.25, 0.3) is 0 Å². The van der Waals surface area contributed by atoms with Crippen molar-refractivity contribution in [2.24, 2.45) is 11.1 Å². The molecule has 1 aliphatic carbocycles. The lowest BCUT2D eigenvalue weighted by molar-refractivity contribution is -0.0527. The summed E-state index contributed by atoms with van der Waals surface area (Å²) in [5.41, 5.74) is 5.68. The molecule has 1 atom stereocenters. The van der Waals surface area contributed by atoms with Gasteiger partial charge in [-0.1, -0.05) is 45.2 Å². The molecule has 0 aromatic carbocycles. The molecule has 5 nitrogen and oxygen atoms in total. The summed E-state index contributed by atoms with van der Waals surface area (Å²) >= 11 is 0. The van der Waals surface area contributed by atoms with Crippen LogP contribution in [-0.2, 0) is 10.3 Å². The molecule has 1 fully saturated rings. The molecule has 1 unspecified atom stereocenters. The second kappa shape index (κ2) is 5.21. The maximum atomic E-state index is 6.16. The van der Waals surface area contributed by atoms with Crippen LogP contribution in [0.15, 0.2) is 4.52 Å². The van der Waals surface area contributed by atoms with Crippen LogP contribution in [0.4, 0.5) is 0 Å². The Balaban J connectivity index is 2.24. The van der Waals surface area contributed by atoms with Crippen molar-refractivity contribution in [1.29, 1.82) is 0 Å². The van der Waals surface area contributed by atoms with E-state index < -0.39 is 0 Å². The topological polar surface area (TPSA) is 74.2 Å². The van der Waals surface area contributed by atoms with Gasteiger partial charge in [0.05, 0.1) is 6.04 Å². The van der Waals surface area contributed by atoms with E-state index in [0.29, 0.717) is 11.7 Å². The van der Waals surface area contributed by atoms with Gasteiger partial charge in [-0.25, -0.2) is 0 Å². The van der Waals surface area contributed by atoms with Crippen LogP contribution in [0, 0.1) is 5.41 Å². The van der Waals surface area contributed by atoms with Crippen molar-refractivity contribution in [3.8, 4) is 0 Å². The summed E-state index contributed by atoms with van der Waals surface area (Å²) < 4.78 is 11.1. The van der Waals surface area contributed by atoms with E-state index in [-0.39, 0.29) is 17.1 Å². The average molecular weight is 267 g/mol. The second-order valence-corrected chi connectivity index (χ2v) is 6.56. The fourth-order valence-electron chi connectivity index (χ4n) is 2.56. The minimum Gasteiger partial charge on any atom is -0.370 e. The molecule has 1 heterocycles. The molecule has 0 bridgehead atoms. The van der Waals surface area contributed by atoms with Gasteiger partial charge in [-0.3, -0.25) is 0 Å². The van der Waals surface area contributed by atoms with Crippen molar-refractivity contribution in [3.63, 3.8) is 0 Å². The summed E-state index contributed by atoms with van der Waals surface area (Å²) in [6, 6.07) is -0.258. The van der Waals surface area contributed by atoms with Crippen molar-refractivity contribution in [1.82, 2.24) is 10.1 Å². The van der Waals surface area contributed by atoms with Crippen LogP contribution in [0.2, 0.25) is 0 Å². The fraction of sp³-hybridized carbons (Fsp3) is 0.857. The highest BCUT2D eigenvalue weighted by atomic mass is 16.5. The second-order valence-electron chi connectivity index (χ2n) is 6.56. The zero-order valence-electron chi connectivity index (χ0n) is 12.4. The Labute approximate surface area is 114 Å². The first-order valence-corrected chi connectivity index (χ1v) is 7.04. The zero-order valence-corrected chi connectivity index (χ0v) is 12.4. The molecule has 0 spiro atoms. The number of hydrogen-bond acceptors (Lipinski definition) is 5. The smallest absolute Gasteiger partial charge is 0.244 e. The summed E-state index contributed by atoms with van der Waals surface area (Å²) in [6.45, 7) is 6.19. The Hall–Kier alpha value is -0.940. The summed E-state index contributed by atoms with van der Waals surface area (Å²) in [5, 5.41) is 4.13. The molecule has 0 aliphatic heterocycles. The van der Waals surface area contributed by atoms with Crippen molar-refractivity contribution in [2.75, 3.05) is 7.11 Å². The van der Waals surface area contributed by atoms with E-state index in [2.05, 4.69) is 30.9 Å². The Morgan fingerprint density at radius 2 is 1.89 bits per heavy atom. The minimum atomic E-state index is -0.377. The molecule has 1 saturated carbocycles. The minimum absolute atomic E-state index is 0.101. The Bertz CT molecular complexity index is 417. The summed E-state index contributed by atoms with van der Waals surface area (Å²) in [4.78, 5) is 4.52. The Morgan fingerprint density at radius 3 is 2.42 bits per heavy atom. The average Bonchev–Trinajstić information content (AvgIpc) is 2.87. The molecular formula is C14H25N3O2. The number of rotatable bonds is 3. The lowest BCUT2D eigenvalue weighted by Gasteiger charge is -2.32. The summed E-state index contributed by atoms with van der Waals surface area (Å²) in [5.74, 6) is 1.16. The molecule has 19 heavy (non-hydrogen) atoms. The first kappa shape index (κ1) is 14.5. The molecule has 108 valence electrons. The van der Waals surface area contributed by atoms with Crippen LogP contribution < -0.4 is 5.73 Å². The highest BCUT2D eigenvalue weighted by Crippen LogP contribution is 2.39. The van der Waals surface area contributed by atoms with E-state index >= 15 is 0 Å². The molecule has 0 saturated heterocycles. The molecule has 1 aromatic rings. The standard InChI is InChI=1S/C14H25N3O2/c1-13(2,3)10(15)11-16-12(17-19-11)14(18-4)8-6-5-7-9-14/h10H,5-9,15H2,1-4H3. The van der Waals surface area contributed by atoms with Crippen molar-refractivity contribution in [2.45, 2.75) is 64.5 Å². The molecule has 0 radical (unpaired) electrons. The van der Waals surface area contributed by atoms with Crippen LogP contribution in [-0.4, -0.2) is 17.3 Å². The van der Waals surface area contributed by atoms with Crippen LogP contribution >= 0.6 is 0 Å². The number of ether oxygens (including phenoxy) is 1. The van der Waals surface area contributed by atoms with E-state index in [1.165, 1.54) is 6.42 Å². The molecular weight excluding hydrogens is 242 g/mol. The quantitative estimate of drug-likeness (QED) is 0.911. The molecule has 5 heteroatoms. The van der Waals surface area contributed by atoms with Crippen molar-refractivity contribution >= 4 is 0 Å². The Morgan fingerprint density at radius 1 is 1.26 bits per heavy atom. The van der Waals surface area contributed by atoms with Gasteiger partial charge in [-0.2, -0.15) is 4.98 Å². The Kier molecular flexibility index (Phi) is 3.97. The van der Waals surface area contributed by atoms with Gasteiger partial charge in [0.2, 0.25) is 11.7 Å². The normalized spacial score (nSPS) is 21.3. The van der Waals surface area contributed by atoms with Gasteiger partial charge in [0.25, 0.3) is 0 Å². The lowest BCUT2D eigenvalue weighted by Crippen LogP contribution is -2.33. The first-order chi connectivity index (χ1) is 8.89. The maximum absolute atomic E-state index is 6.16. The van der Waals surface area contributed by atoms with Gasteiger partial charge in [-0.05, 0) is 18.3 Å². The monoisotopic (exact) mass is 267 g/mol. The van der Waals surface area contributed by atoms with Gasteiger partial charge in [0, 0.05) is 7.11 Å². The van der Waals surface area contributed by atoms with E-state index in [1.54, 1.807) is 7.11 Å². The van der Waals surface area contributed by atoms with Crippen molar-refractivity contribution in [3.05, 3.63) is 11.7 Å². The van der Waals surface area contributed by atoms with Gasteiger partial charge < -0.3 is 15.0 Å². The zero-order chi connectivity index (χ0) is 14.1. The van der Waals surface area contributed by atoms with E-state index in [4.69, 9.17) is 15.0 Å². The van der Waals surface area contributed by atoms with Gasteiger partial charge in [0.1, 0.15) is 5.60 Å². The predicted octanol–water partition coefficient (Wildman–Crippen LogP) is 2.92. The fourth-order valence-corrected chi connectivity index (χ4v) is 2.56. The largest absolute Gasteiger partial charge is 0.370 e. The highest BCUT2D eigenvalue weighted by Gasteiger charge is 2.39. The third kappa shape index (κ3) is 2.82. The lowest BCUT2D eigenvalue weighted by atomic mass is 9.84. The number of nitrogens with zero attached hydrogens (tertiary/aromatic N) is 2. The van der Waals surface area contributed by atoms with Crippen molar-refractivity contribution < 1.29 is 9.26 Å². The van der Waals surface area contributed by atoms with E-state index in [1.807, 2.05) is 0 Å². The third-order valence-electron chi connectivity index (χ3n) is 4.10.